The molecule has 4 rings (SSSR count). The number of carbonyl (C=O) groups is 1. The van der Waals surface area contributed by atoms with Gasteiger partial charge in [-0.05, 0) is 42.5 Å². The van der Waals surface area contributed by atoms with Crippen LogP contribution in [-0.4, -0.2) is 22.2 Å². The minimum Gasteiger partial charge on any atom is -0.493 e. The normalized spacial score (nSPS) is 10.9. The van der Waals surface area contributed by atoms with E-state index in [2.05, 4.69) is 5.32 Å². The van der Waals surface area contributed by atoms with Gasteiger partial charge in [0, 0.05) is 19.8 Å². The highest BCUT2D eigenvalue weighted by Gasteiger charge is 2.14. The van der Waals surface area contributed by atoms with Gasteiger partial charge < -0.3 is 19.2 Å². The Kier molecular flexibility index (Phi) is 5.05. The molecule has 2 aromatic heterocycles. The SMILES string of the molecule is COc1ccccc1OCc1ccc(C(=O)Nc2ccc3c(c2)n(C)c(=O)n3C)o1. The molecule has 0 aliphatic rings. The quantitative estimate of drug-likeness (QED) is 0.530. The lowest BCUT2D eigenvalue weighted by Gasteiger charge is -2.08. The van der Waals surface area contributed by atoms with Gasteiger partial charge in [0.05, 0.1) is 18.1 Å². The van der Waals surface area contributed by atoms with Gasteiger partial charge in [-0.3, -0.25) is 13.9 Å². The van der Waals surface area contributed by atoms with Crippen LogP contribution in [0.4, 0.5) is 5.69 Å². The average molecular weight is 407 g/mol. The zero-order chi connectivity index (χ0) is 21.3. The van der Waals surface area contributed by atoms with Crippen molar-refractivity contribution in [1.29, 1.82) is 0 Å². The van der Waals surface area contributed by atoms with E-state index in [1.165, 1.54) is 4.57 Å². The van der Waals surface area contributed by atoms with E-state index in [9.17, 15) is 9.59 Å². The molecule has 1 amide bonds. The average Bonchev–Trinajstić information content (AvgIpc) is 3.32. The lowest BCUT2D eigenvalue weighted by atomic mass is 10.2. The second-order valence-corrected chi connectivity index (χ2v) is 6.76. The number of imidazole rings is 1. The summed E-state index contributed by atoms with van der Waals surface area (Å²) < 4.78 is 19.7. The summed E-state index contributed by atoms with van der Waals surface area (Å²) in [6.07, 6.45) is 0. The summed E-state index contributed by atoms with van der Waals surface area (Å²) in [7, 11) is 4.97. The van der Waals surface area contributed by atoms with Gasteiger partial charge in [0.1, 0.15) is 12.4 Å². The molecule has 0 aliphatic carbocycles. The molecule has 1 N–H and O–H groups in total. The molecule has 0 spiro atoms. The number of furan rings is 1. The molecule has 154 valence electrons. The van der Waals surface area contributed by atoms with Crippen molar-refractivity contribution < 1.29 is 18.7 Å². The highest BCUT2D eigenvalue weighted by Crippen LogP contribution is 2.27. The smallest absolute Gasteiger partial charge is 0.328 e. The number of aromatic nitrogens is 2. The molecule has 0 atom stereocenters. The summed E-state index contributed by atoms with van der Waals surface area (Å²) in [5, 5.41) is 2.79. The van der Waals surface area contributed by atoms with Crippen LogP contribution in [0.2, 0.25) is 0 Å². The van der Waals surface area contributed by atoms with Crippen molar-refractivity contribution in [3.8, 4) is 11.5 Å². The van der Waals surface area contributed by atoms with E-state index in [4.69, 9.17) is 13.9 Å². The van der Waals surface area contributed by atoms with E-state index in [1.807, 2.05) is 12.1 Å². The minimum atomic E-state index is -0.390. The van der Waals surface area contributed by atoms with Gasteiger partial charge >= 0.3 is 5.69 Å². The fraction of sp³-hybridized carbons (Fsp3) is 0.182. The molecule has 4 aromatic rings. The summed E-state index contributed by atoms with van der Waals surface area (Å²) in [6, 6.07) is 15.9. The number of hydrogen-bond acceptors (Lipinski definition) is 5. The number of benzene rings is 2. The number of aryl methyl sites for hydroxylation is 2. The first-order chi connectivity index (χ1) is 14.5. The Labute approximate surface area is 172 Å². The Hall–Kier alpha value is -3.94. The van der Waals surface area contributed by atoms with Crippen LogP contribution in [0.25, 0.3) is 11.0 Å². The Balaban J connectivity index is 1.46. The molecule has 2 aromatic carbocycles. The van der Waals surface area contributed by atoms with Crippen LogP contribution < -0.4 is 20.5 Å². The van der Waals surface area contributed by atoms with Gasteiger partial charge in [0.25, 0.3) is 5.91 Å². The van der Waals surface area contributed by atoms with Crippen LogP contribution in [0.3, 0.4) is 0 Å². The summed E-state index contributed by atoms with van der Waals surface area (Å²) in [5.74, 6) is 1.48. The van der Waals surface area contributed by atoms with Crippen molar-refractivity contribution in [2.45, 2.75) is 6.61 Å². The van der Waals surface area contributed by atoms with E-state index in [0.29, 0.717) is 22.9 Å². The fourth-order valence-corrected chi connectivity index (χ4v) is 3.24. The summed E-state index contributed by atoms with van der Waals surface area (Å²) in [6.45, 7) is 0.158. The van der Waals surface area contributed by atoms with Crippen molar-refractivity contribution >= 4 is 22.6 Å². The van der Waals surface area contributed by atoms with Crippen molar-refractivity contribution in [2.24, 2.45) is 14.1 Å². The van der Waals surface area contributed by atoms with E-state index in [0.717, 1.165) is 11.0 Å². The van der Waals surface area contributed by atoms with Crippen molar-refractivity contribution in [1.82, 2.24) is 9.13 Å². The maximum atomic E-state index is 12.6. The highest BCUT2D eigenvalue weighted by atomic mass is 16.5. The van der Waals surface area contributed by atoms with E-state index in [1.54, 1.807) is 68.2 Å². The number of fused-ring (bicyclic) bond motifs is 1. The van der Waals surface area contributed by atoms with Crippen molar-refractivity contribution in [3.63, 3.8) is 0 Å². The van der Waals surface area contributed by atoms with Crippen LogP contribution >= 0.6 is 0 Å². The van der Waals surface area contributed by atoms with E-state index in [-0.39, 0.29) is 24.0 Å². The van der Waals surface area contributed by atoms with Crippen LogP contribution in [0, 0.1) is 0 Å². The number of nitrogens with one attached hydrogen (secondary N) is 1. The largest absolute Gasteiger partial charge is 0.493 e. The number of amides is 1. The molecule has 30 heavy (non-hydrogen) atoms. The van der Waals surface area contributed by atoms with Crippen LogP contribution in [0.1, 0.15) is 16.3 Å². The molecule has 0 saturated heterocycles. The van der Waals surface area contributed by atoms with Crippen molar-refractivity contribution in [3.05, 3.63) is 76.6 Å². The number of anilines is 1. The van der Waals surface area contributed by atoms with E-state index < -0.39 is 0 Å². The first kappa shape index (κ1) is 19.4. The predicted octanol–water partition coefficient (Wildman–Crippen LogP) is 3.31. The summed E-state index contributed by atoms with van der Waals surface area (Å²) in [5.41, 5.74) is 1.95. The zero-order valence-electron chi connectivity index (χ0n) is 16.8. The van der Waals surface area contributed by atoms with E-state index >= 15 is 0 Å². The van der Waals surface area contributed by atoms with Crippen molar-refractivity contribution in [2.75, 3.05) is 12.4 Å². The number of methoxy groups -OCH3 is 1. The van der Waals surface area contributed by atoms with Crippen LogP contribution in [0.5, 0.6) is 11.5 Å². The van der Waals surface area contributed by atoms with Gasteiger partial charge in [-0.15, -0.1) is 0 Å². The third-order valence-corrected chi connectivity index (χ3v) is 4.85. The van der Waals surface area contributed by atoms with Crippen LogP contribution in [-0.2, 0) is 20.7 Å². The standard InChI is InChI=1S/C22H21N3O5/c1-24-16-10-8-14(12-17(16)25(2)22(24)27)23-21(26)20-11-9-15(30-20)13-29-19-7-5-4-6-18(19)28-3/h4-12H,13H2,1-3H3,(H,23,26). The Morgan fingerprint density at radius 1 is 1.00 bits per heavy atom. The molecule has 8 nitrogen and oxygen atoms in total. The Morgan fingerprint density at radius 3 is 2.50 bits per heavy atom. The van der Waals surface area contributed by atoms with Gasteiger partial charge in [-0.1, -0.05) is 12.1 Å². The number of nitrogens with zero attached hydrogens (tertiary/aromatic N) is 2. The third kappa shape index (κ3) is 3.55. The summed E-state index contributed by atoms with van der Waals surface area (Å²) in [4.78, 5) is 24.6. The third-order valence-electron chi connectivity index (χ3n) is 4.85. The second kappa shape index (κ2) is 7.82. The molecule has 0 unspecified atom stereocenters. The molecular formula is C22H21N3O5. The Bertz CT molecular complexity index is 1280. The first-order valence-corrected chi connectivity index (χ1v) is 9.29. The predicted molar refractivity (Wildman–Crippen MR) is 112 cm³/mol. The number of rotatable bonds is 6. The maximum Gasteiger partial charge on any atom is 0.328 e. The van der Waals surface area contributed by atoms with Gasteiger partial charge in [-0.2, -0.15) is 0 Å². The molecule has 8 heteroatoms. The fourth-order valence-electron chi connectivity index (χ4n) is 3.24. The van der Waals surface area contributed by atoms with Gasteiger partial charge in [0.2, 0.25) is 0 Å². The maximum absolute atomic E-state index is 12.6. The lowest BCUT2D eigenvalue weighted by molar-refractivity contribution is 0.0992. The number of carbonyl (C=O) groups excluding carboxylic acids is 1. The minimum absolute atomic E-state index is 0.126. The monoisotopic (exact) mass is 407 g/mol. The zero-order valence-corrected chi connectivity index (χ0v) is 16.8. The lowest BCUT2D eigenvalue weighted by Crippen LogP contribution is -2.19. The second-order valence-electron chi connectivity index (χ2n) is 6.76. The molecule has 0 aliphatic heterocycles. The molecular weight excluding hydrogens is 386 g/mol. The molecule has 2 heterocycles. The Morgan fingerprint density at radius 2 is 1.73 bits per heavy atom. The topological polar surface area (TPSA) is 87.6 Å². The first-order valence-electron chi connectivity index (χ1n) is 9.29. The van der Waals surface area contributed by atoms with Gasteiger partial charge in [0.15, 0.2) is 17.3 Å². The van der Waals surface area contributed by atoms with Gasteiger partial charge in [-0.25, -0.2) is 4.79 Å². The molecule has 0 bridgehead atoms. The molecule has 0 fully saturated rings. The molecule has 0 radical (unpaired) electrons. The molecule has 0 saturated carbocycles. The number of hydrogen-bond donors (Lipinski definition) is 1. The van der Waals surface area contributed by atoms with Crippen LogP contribution in [0.15, 0.2) is 63.8 Å². The number of ether oxygens (including phenoxy) is 2. The summed E-state index contributed by atoms with van der Waals surface area (Å²) >= 11 is 0. The number of para-hydroxylation sites is 2. The highest BCUT2D eigenvalue weighted by molar-refractivity contribution is 6.03.